The number of ether oxygens (including phenoxy) is 4. The molecule has 4 saturated carbocycles. The first-order valence-electron chi connectivity index (χ1n) is 14.9. The number of hydrogen-bond donors (Lipinski definition) is 4. The van der Waals surface area contributed by atoms with Gasteiger partial charge < -0.3 is 39.4 Å². The molecule has 4 N–H and O–H groups in total. The second-order valence-electron chi connectivity index (χ2n) is 13.9. The van der Waals surface area contributed by atoms with Gasteiger partial charge in [-0.1, -0.05) is 13.8 Å². The number of aliphatic hydroxyl groups is 4. The van der Waals surface area contributed by atoms with Crippen molar-refractivity contribution in [2.24, 2.45) is 34.5 Å². The maximum atomic E-state index is 12.4. The molecule has 2 heterocycles. The maximum Gasteiger partial charge on any atom is 0.331 e. The van der Waals surface area contributed by atoms with Crippen molar-refractivity contribution in [3.63, 3.8) is 0 Å². The lowest BCUT2D eigenvalue weighted by Gasteiger charge is -2.63. The van der Waals surface area contributed by atoms with Crippen molar-refractivity contribution in [1.29, 1.82) is 0 Å². The molecule has 5 fully saturated rings. The van der Waals surface area contributed by atoms with Gasteiger partial charge in [-0.15, -0.1) is 0 Å². The quantitative estimate of drug-likeness (QED) is 0.307. The molecule has 0 aromatic rings. The van der Waals surface area contributed by atoms with Crippen LogP contribution in [0.25, 0.3) is 0 Å². The standard InChI is InChI=1S/C30H46O9/c1-15-24(33)26(36-4)25(34)27(38-15)39-18-7-9-28(2)17(12-18)5-6-20-19(28)8-10-29(3)23(16-11-22(32)37-14-16)21(31)13-30(20,29)35/h11,15,17-21,23-27,31,33-35H,5-10,12-14H2,1-4H3/t15-,17+,18+,19-,20+,21+,23+,24+,25+,26+,27+,28+,29+,30+/m0/s1. The highest BCUT2D eigenvalue weighted by Gasteiger charge is 2.70. The predicted octanol–water partition coefficient (Wildman–Crippen LogP) is 2.08. The summed E-state index contributed by atoms with van der Waals surface area (Å²) in [5.41, 5.74) is -0.601. The Hall–Kier alpha value is -1.07. The van der Waals surface area contributed by atoms with E-state index in [-0.39, 0.29) is 35.9 Å². The minimum absolute atomic E-state index is 0.0547. The van der Waals surface area contributed by atoms with Crippen LogP contribution in [0.5, 0.6) is 0 Å². The van der Waals surface area contributed by atoms with Gasteiger partial charge in [-0.05, 0) is 80.6 Å². The molecule has 0 amide bonds. The van der Waals surface area contributed by atoms with Crippen molar-refractivity contribution >= 4 is 5.97 Å². The van der Waals surface area contributed by atoms with E-state index in [4.69, 9.17) is 18.9 Å². The smallest absolute Gasteiger partial charge is 0.331 e. The Bertz CT molecular complexity index is 1000. The van der Waals surface area contributed by atoms with E-state index < -0.39 is 47.8 Å². The highest BCUT2D eigenvalue weighted by molar-refractivity contribution is 5.85. The van der Waals surface area contributed by atoms with Crippen molar-refractivity contribution in [2.45, 2.75) is 121 Å². The van der Waals surface area contributed by atoms with E-state index in [0.29, 0.717) is 18.3 Å². The van der Waals surface area contributed by atoms with Crippen LogP contribution in [-0.4, -0.2) is 88.6 Å². The van der Waals surface area contributed by atoms with E-state index in [1.165, 1.54) is 13.2 Å². The number of esters is 1. The highest BCUT2D eigenvalue weighted by atomic mass is 16.7. The van der Waals surface area contributed by atoms with Gasteiger partial charge >= 0.3 is 5.97 Å². The molecule has 0 aromatic heterocycles. The zero-order chi connectivity index (χ0) is 27.9. The third kappa shape index (κ3) is 4.09. The largest absolute Gasteiger partial charge is 0.458 e. The molecule has 0 aromatic carbocycles. The van der Waals surface area contributed by atoms with Crippen LogP contribution in [-0.2, 0) is 23.7 Å². The van der Waals surface area contributed by atoms with Crippen LogP contribution in [0, 0.1) is 34.5 Å². The molecule has 4 aliphatic carbocycles. The normalized spacial score (nSPS) is 55.3. The van der Waals surface area contributed by atoms with Gasteiger partial charge in [0.1, 0.15) is 24.9 Å². The average molecular weight is 551 g/mol. The number of cyclic esters (lactones) is 1. The lowest BCUT2D eigenvalue weighted by atomic mass is 9.43. The third-order valence-corrected chi connectivity index (χ3v) is 12.3. The molecule has 1 saturated heterocycles. The van der Waals surface area contributed by atoms with Gasteiger partial charge in [0.05, 0.1) is 23.9 Å². The Balaban J connectivity index is 1.17. The lowest BCUT2D eigenvalue weighted by Crippen LogP contribution is -2.62. The molecule has 0 spiro atoms. The molecule has 0 bridgehead atoms. The number of methoxy groups -OCH3 is 1. The van der Waals surface area contributed by atoms with Gasteiger partial charge in [-0.2, -0.15) is 0 Å². The summed E-state index contributed by atoms with van der Waals surface area (Å²) in [5, 5.41) is 44.7. The van der Waals surface area contributed by atoms with Crippen molar-refractivity contribution in [3.8, 4) is 0 Å². The zero-order valence-electron chi connectivity index (χ0n) is 23.6. The number of carbonyl (C=O) groups excluding carboxylic acids is 1. The van der Waals surface area contributed by atoms with Crippen LogP contribution in [0.2, 0.25) is 0 Å². The van der Waals surface area contributed by atoms with Gasteiger partial charge in [0.15, 0.2) is 6.29 Å². The Kier molecular flexibility index (Phi) is 7.02. The van der Waals surface area contributed by atoms with Crippen molar-refractivity contribution in [1.82, 2.24) is 0 Å². The Morgan fingerprint density at radius 1 is 1.03 bits per heavy atom. The van der Waals surface area contributed by atoms with Crippen molar-refractivity contribution < 1.29 is 44.2 Å². The molecular formula is C30H46O9. The first-order valence-corrected chi connectivity index (χ1v) is 14.9. The van der Waals surface area contributed by atoms with Crippen LogP contribution in [0.15, 0.2) is 11.6 Å². The van der Waals surface area contributed by atoms with E-state index in [2.05, 4.69) is 13.8 Å². The number of aliphatic hydroxyl groups excluding tert-OH is 3. The van der Waals surface area contributed by atoms with Crippen LogP contribution >= 0.6 is 0 Å². The van der Waals surface area contributed by atoms with E-state index in [1.807, 2.05) is 0 Å². The summed E-state index contributed by atoms with van der Waals surface area (Å²) in [6, 6.07) is 0. The van der Waals surface area contributed by atoms with Crippen molar-refractivity contribution in [2.75, 3.05) is 13.7 Å². The first-order chi connectivity index (χ1) is 18.4. The number of carbonyl (C=O) groups is 1. The fourth-order valence-corrected chi connectivity index (χ4v) is 10.2. The molecule has 14 atom stereocenters. The molecule has 39 heavy (non-hydrogen) atoms. The summed E-state index contributed by atoms with van der Waals surface area (Å²) >= 11 is 0. The monoisotopic (exact) mass is 550 g/mol. The summed E-state index contributed by atoms with van der Waals surface area (Å²) < 4.78 is 22.7. The molecule has 9 heteroatoms. The number of hydrogen-bond acceptors (Lipinski definition) is 9. The molecule has 2 aliphatic heterocycles. The van der Waals surface area contributed by atoms with Gasteiger partial charge in [0.2, 0.25) is 0 Å². The summed E-state index contributed by atoms with van der Waals surface area (Å²) in [7, 11) is 1.48. The molecule has 0 unspecified atom stereocenters. The van der Waals surface area contributed by atoms with E-state index in [0.717, 1.165) is 50.5 Å². The SMILES string of the molecule is CO[C@H]1[C@@H](O)[C@@H](O[C@@H]2CC[C@]3(C)[C@H](CC[C@@H]4[C@@H]3CC[C@]3(C)[C@H](C5=CC(=O)OC5)[C@H](O)C[C@@]43O)C2)O[C@@H](C)[C@H]1O. The molecule has 6 aliphatic rings. The molecule has 9 nitrogen and oxygen atoms in total. The van der Waals surface area contributed by atoms with E-state index in [9.17, 15) is 25.2 Å². The maximum absolute atomic E-state index is 12.4. The van der Waals surface area contributed by atoms with E-state index in [1.54, 1.807) is 6.92 Å². The zero-order valence-corrected chi connectivity index (χ0v) is 23.6. The minimum Gasteiger partial charge on any atom is -0.458 e. The van der Waals surface area contributed by atoms with Gasteiger partial charge in [0, 0.05) is 30.9 Å². The first kappa shape index (κ1) is 28.1. The summed E-state index contributed by atoms with van der Waals surface area (Å²) in [4.78, 5) is 11.8. The Morgan fingerprint density at radius 3 is 2.49 bits per heavy atom. The highest BCUT2D eigenvalue weighted by Crippen LogP contribution is 2.70. The molecule has 0 radical (unpaired) electrons. The Labute approximate surface area is 230 Å². The van der Waals surface area contributed by atoms with Crippen molar-refractivity contribution in [3.05, 3.63) is 11.6 Å². The second kappa shape index (κ2) is 9.75. The van der Waals surface area contributed by atoms with Crippen LogP contribution in [0.3, 0.4) is 0 Å². The fourth-order valence-electron chi connectivity index (χ4n) is 10.2. The van der Waals surface area contributed by atoms with Gasteiger partial charge in [0.25, 0.3) is 0 Å². The number of rotatable bonds is 4. The third-order valence-electron chi connectivity index (χ3n) is 12.3. The van der Waals surface area contributed by atoms with Crippen LogP contribution in [0.4, 0.5) is 0 Å². The Morgan fingerprint density at radius 2 is 1.79 bits per heavy atom. The topological polar surface area (TPSA) is 135 Å². The average Bonchev–Trinajstić information content (AvgIpc) is 3.39. The minimum atomic E-state index is -1.06. The summed E-state index contributed by atoms with van der Waals surface area (Å²) in [6.07, 6.45) is 3.40. The lowest BCUT2D eigenvalue weighted by molar-refractivity contribution is -0.313. The molecule has 220 valence electrons. The van der Waals surface area contributed by atoms with Gasteiger partial charge in [-0.25, -0.2) is 4.79 Å². The van der Waals surface area contributed by atoms with Crippen LogP contribution < -0.4 is 0 Å². The van der Waals surface area contributed by atoms with Crippen LogP contribution in [0.1, 0.15) is 72.1 Å². The molecule has 6 rings (SSSR count). The van der Waals surface area contributed by atoms with E-state index >= 15 is 0 Å². The predicted molar refractivity (Wildman–Crippen MR) is 139 cm³/mol. The van der Waals surface area contributed by atoms with Gasteiger partial charge in [-0.3, -0.25) is 0 Å². The fraction of sp³-hybridized carbons (Fsp3) is 0.900. The summed E-state index contributed by atoms with van der Waals surface area (Å²) in [6.45, 7) is 6.48. The summed E-state index contributed by atoms with van der Waals surface area (Å²) in [5.74, 6) is 0.260. The second-order valence-corrected chi connectivity index (χ2v) is 13.9. The molecular weight excluding hydrogens is 504 g/mol. The number of fused-ring (bicyclic) bond motifs is 5.